The van der Waals surface area contributed by atoms with Gasteiger partial charge in [0, 0.05) is 25.3 Å². The van der Waals surface area contributed by atoms with Crippen LogP contribution in [0, 0.1) is 12.8 Å². The first-order valence-electron chi connectivity index (χ1n) is 7.43. The Morgan fingerprint density at radius 3 is 3.00 bits per heavy atom. The van der Waals surface area contributed by atoms with Crippen molar-refractivity contribution in [2.75, 3.05) is 25.0 Å². The van der Waals surface area contributed by atoms with Gasteiger partial charge in [-0.15, -0.1) is 5.10 Å². The molecule has 1 fully saturated rings. The third-order valence-electron chi connectivity index (χ3n) is 4.08. The number of likely N-dealkylation sites (tertiary alicyclic amines) is 1. The highest BCUT2D eigenvalue weighted by Crippen LogP contribution is 2.18. The van der Waals surface area contributed by atoms with Crippen molar-refractivity contribution < 1.29 is 0 Å². The molecule has 2 aromatic rings. The molecular weight excluding hydrogens is 250 g/mol. The minimum absolute atomic E-state index is 0.649. The molecule has 1 atom stereocenters. The van der Waals surface area contributed by atoms with Gasteiger partial charge < -0.3 is 10.2 Å². The molecule has 0 saturated carbocycles. The summed E-state index contributed by atoms with van der Waals surface area (Å²) in [5.74, 6) is 1.43. The highest BCUT2D eigenvalue weighted by atomic mass is 15.3. The minimum Gasteiger partial charge on any atom is -0.353 e. The Hall–Kier alpha value is -1.62. The fourth-order valence-corrected chi connectivity index (χ4v) is 2.79. The number of nitrogens with zero attached hydrogens (tertiary/aromatic N) is 4. The molecule has 108 valence electrons. The van der Waals surface area contributed by atoms with Gasteiger partial charge >= 0.3 is 0 Å². The number of pyridine rings is 1. The zero-order chi connectivity index (χ0) is 14.1. The first-order chi connectivity index (χ1) is 9.61. The molecular formula is C15H23N5. The van der Waals surface area contributed by atoms with E-state index in [-0.39, 0.29) is 0 Å². The van der Waals surface area contributed by atoms with Crippen LogP contribution in [-0.2, 0) is 0 Å². The lowest BCUT2D eigenvalue weighted by Crippen LogP contribution is -2.29. The maximum absolute atomic E-state index is 4.50. The van der Waals surface area contributed by atoms with Crippen LogP contribution in [0.1, 0.15) is 25.8 Å². The minimum atomic E-state index is 0.649. The number of hydrogen-bond donors (Lipinski definition) is 1. The fraction of sp³-hybridized carbons (Fsp3) is 0.600. The Bertz CT molecular complexity index is 589. The predicted molar refractivity (Wildman–Crippen MR) is 81.0 cm³/mol. The SMILES string of the molecule is Cc1ccc2nc(NCC3CCN(C(C)C)C3)nn2c1. The van der Waals surface area contributed by atoms with Gasteiger partial charge in [0.25, 0.3) is 0 Å². The van der Waals surface area contributed by atoms with Gasteiger partial charge in [-0.25, -0.2) is 4.52 Å². The third kappa shape index (κ3) is 2.77. The summed E-state index contributed by atoms with van der Waals surface area (Å²) >= 11 is 0. The molecule has 3 heterocycles. The predicted octanol–water partition coefficient (Wildman–Crippen LogP) is 2.18. The van der Waals surface area contributed by atoms with E-state index in [1.54, 1.807) is 0 Å². The largest absolute Gasteiger partial charge is 0.353 e. The van der Waals surface area contributed by atoms with Gasteiger partial charge in [-0.1, -0.05) is 6.07 Å². The Morgan fingerprint density at radius 2 is 2.25 bits per heavy atom. The Balaban J connectivity index is 1.60. The second-order valence-corrected chi connectivity index (χ2v) is 6.07. The topological polar surface area (TPSA) is 45.5 Å². The Labute approximate surface area is 120 Å². The van der Waals surface area contributed by atoms with E-state index in [0.717, 1.165) is 18.1 Å². The van der Waals surface area contributed by atoms with Gasteiger partial charge in [0.15, 0.2) is 5.65 Å². The summed E-state index contributed by atoms with van der Waals surface area (Å²) in [6.07, 6.45) is 3.27. The number of nitrogens with one attached hydrogen (secondary N) is 1. The molecule has 0 spiro atoms. The zero-order valence-electron chi connectivity index (χ0n) is 12.5. The molecule has 5 nitrogen and oxygen atoms in total. The Kier molecular flexibility index (Phi) is 3.61. The Morgan fingerprint density at radius 1 is 1.40 bits per heavy atom. The average Bonchev–Trinajstić information content (AvgIpc) is 3.01. The van der Waals surface area contributed by atoms with Crippen LogP contribution in [0.4, 0.5) is 5.95 Å². The molecule has 20 heavy (non-hydrogen) atoms. The standard InChI is InChI=1S/C15H23N5/c1-11(2)19-7-6-13(10-19)8-16-15-17-14-5-4-12(3)9-20(14)18-15/h4-5,9,11,13H,6-8,10H2,1-3H3,(H,16,18). The summed E-state index contributed by atoms with van der Waals surface area (Å²) in [5, 5.41) is 7.85. The summed E-state index contributed by atoms with van der Waals surface area (Å²) in [7, 11) is 0. The van der Waals surface area contributed by atoms with Crippen molar-refractivity contribution in [3.05, 3.63) is 23.9 Å². The van der Waals surface area contributed by atoms with Crippen LogP contribution in [0.2, 0.25) is 0 Å². The summed E-state index contributed by atoms with van der Waals surface area (Å²) in [5.41, 5.74) is 2.09. The molecule has 1 saturated heterocycles. The smallest absolute Gasteiger partial charge is 0.243 e. The summed E-state index contributed by atoms with van der Waals surface area (Å²) in [6.45, 7) is 9.94. The van der Waals surface area contributed by atoms with E-state index in [2.05, 4.69) is 47.1 Å². The maximum atomic E-state index is 4.50. The molecule has 0 amide bonds. The number of aromatic nitrogens is 3. The molecule has 2 aromatic heterocycles. The van der Waals surface area contributed by atoms with E-state index >= 15 is 0 Å². The van der Waals surface area contributed by atoms with Crippen molar-refractivity contribution in [3.63, 3.8) is 0 Å². The molecule has 1 aliphatic rings. The molecule has 0 bridgehead atoms. The van der Waals surface area contributed by atoms with E-state index in [9.17, 15) is 0 Å². The highest BCUT2D eigenvalue weighted by Gasteiger charge is 2.24. The number of anilines is 1. The number of hydrogen-bond acceptors (Lipinski definition) is 4. The fourth-order valence-electron chi connectivity index (χ4n) is 2.79. The number of fused-ring (bicyclic) bond motifs is 1. The second-order valence-electron chi connectivity index (χ2n) is 6.07. The zero-order valence-corrected chi connectivity index (χ0v) is 12.5. The van der Waals surface area contributed by atoms with Gasteiger partial charge in [-0.2, -0.15) is 4.98 Å². The quantitative estimate of drug-likeness (QED) is 0.927. The van der Waals surface area contributed by atoms with Gasteiger partial charge in [-0.05, 0) is 51.3 Å². The number of aryl methyl sites for hydroxylation is 1. The molecule has 1 aliphatic heterocycles. The van der Waals surface area contributed by atoms with E-state index in [0.29, 0.717) is 12.0 Å². The van der Waals surface area contributed by atoms with Crippen molar-refractivity contribution >= 4 is 11.6 Å². The van der Waals surface area contributed by atoms with Crippen molar-refractivity contribution in [2.45, 2.75) is 33.2 Å². The van der Waals surface area contributed by atoms with Crippen molar-refractivity contribution in [3.8, 4) is 0 Å². The molecule has 5 heteroatoms. The van der Waals surface area contributed by atoms with E-state index in [1.807, 2.05) is 16.8 Å². The van der Waals surface area contributed by atoms with Gasteiger partial charge in [-0.3, -0.25) is 0 Å². The molecule has 1 N–H and O–H groups in total. The van der Waals surface area contributed by atoms with E-state index < -0.39 is 0 Å². The second kappa shape index (κ2) is 5.40. The maximum Gasteiger partial charge on any atom is 0.243 e. The lowest BCUT2D eigenvalue weighted by atomic mass is 10.1. The van der Waals surface area contributed by atoms with Crippen LogP contribution in [-0.4, -0.2) is 45.2 Å². The van der Waals surface area contributed by atoms with Crippen LogP contribution in [0.15, 0.2) is 18.3 Å². The average molecular weight is 273 g/mol. The third-order valence-corrected chi connectivity index (χ3v) is 4.08. The van der Waals surface area contributed by atoms with Gasteiger partial charge in [0.2, 0.25) is 5.95 Å². The first kappa shape index (κ1) is 13.4. The van der Waals surface area contributed by atoms with E-state index in [1.165, 1.54) is 25.1 Å². The van der Waals surface area contributed by atoms with Crippen LogP contribution in [0.3, 0.4) is 0 Å². The molecule has 0 aromatic carbocycles. The van der Waals surface area contributed by atoms with Crippen molar-refractivity contribution in [1.29, 1.82) is 0 Å². The molecule has 1 unspecified atom stereocenters. The first-order valence-corrected chi connectivity index (χ1v) is 7.43. The number of rotatable bonds is 4. The van der Waals surface area contributed by atoms with Crippen LogP contribution in [0.5, 0.6) is 0 Å². The van der Waals surface area contributed by atoms with Crippen LogP contribution < -0.4 is 5.32 Å². The van der Waals surface area contributed by atoms with E-state index in [4.69, 9.17) is 0 Å². The molecule has 0 aliphatic carbocycles. The lowest BCUT2D eigenvalue weighted by Gasteiger charge is -2.20. The lowest BCUT2D eigenvalue weighted by molar-refractivity contribution is 0.266. The molecule has 3 rings (SSSR count). The van der Waals surface area contributed by atoms with Crippen LogP contribution in [0.25, 0.3) is 5.65 Å². The van der Waals surface area contributed by atoms with Crippen LogP contribution >= 0.6 is 0 Å². The molecule has 0 radical (unpaired) electrons. The summed E-state index contributed by atoms with van der Waals surface area (Å²) in [6, 6.07) is 4.71. The van der Waals surface area contributed by atoms with Gasteiger partial charge in [0.1, 0.15) is 0 Å². The normalized spacial score (nSPS) is 20.1. The van der Waals surface area contributed by atoms with Gasteiger partial charge in [0.05, 0.1) is 0 Å². The van der Waals surface area contributed by atoms with Crippen molar-refractivity contribution in [2.24, 2.45) is 5.92 Å². The highest BCUT2D eigenvalue weighted by molar-refractivity contribution is 5.44. The van der Waals surface area contributed by atoms with Crippen molar-refractivity contribution in [1.82, 2.24) is 19.5 Å². The summed E-state index contributed by atoms with van der Waals surface area (Å²) < 4.78 is 1.84. The summed E-state index contributed by atoms with van der Waals surface area (Å²) in [4.78, 5) is 7.03. The monoisotopic (exact) mass is 273 g/mol.